The molecule has 1 heterocycles. The van der Waals surface area contributed by atoms with Gasteiger partial charge < -0.3 is 19.9 Å². The number of carbonyl (C=O) groups is 1. The summed E-state index contributed by atoms with van der Waals surface area (Å²) >= 11 is 0. The Morgan fingerprint density at radius 2 is 1.74 bits per heavy atom. The van der Waals surface area contributed by atoms with Gasteiger partial charge in [-0.05, 0) is 31.2 Å². The van der Waals surface area contributed by atoms with Gasteiger partial charge in [0.2, 0.25) is 0 Å². The molecule has 0 aliphatic carbocycles. The Hall–Kier alpha value is -1.80. The molecule has 128 valence electrons. The van der Waals surface area contributed by atoms with E-state index in [2.05, 4.69) is 17.1 Å². The van der Waals surface area contributed by atoms with Gasteiger partial charge in [-0.3, -0.25) is 4.79 Å². The summed E-state index contributed by atoms with van der Waals surface area (Å²) in [6, 6.07) is 4.96. The van der Waals surface area contributed by atoms with E-state index in [1.54, 1.807) is 0 Å². The van der Waals surface area contributed by atoms with E-state index in [9.17, 15) is 18.0 Å². The van der Waals surface area contributed by atoms with Crippen molar-refractivity contribution in [3.63, 3.8) is 0 Å². The molecule has 0 bridgehead atoms. The third-order valence-electron chi connectivity index (χ3n) is 4.11. The van der Waals surface area contributed by atoms with Crippen LogP contribution in [0.15, 0.2) is 24.3 Å². The molecule has 8 heteroatoms. The lowest BCUT2D eigenvalue weighted by molar-refractivity contribution is -1.01. The number of ether oxygens (including phenoxy) is 1. The van der Waals surface area contributed by atoms with Crippen LogP contribution in [0.25, 0.3) is 0 Å². The van der Waals surface area contributed by atoms with Gasteiger partial charge in [0, 0.05) is 5.69 Å². The summed E-state index contributed by atoms with van der Waals surface area (Å²) < 4.78 is 40.1. The van der Waals surface area contributed by atoms with Crippen molar-refractivity contribution in [3.05, 3.63) is 24.3 Å². The molecule has 0 radical (unpaired) electrons. The molecule has 0 aromatic heterocycles. The molecular formula is C15H22F3N3O2+2. The number of anilines is 1. The van der Waals surface area contributed by atoms with Crippen LogP contribution in [0.2, 0.25) is 0 Å². The minimum Gasteiger partial charge on any atom is -0.406 e. The zero-order valence-corrected chi connectivity index (χ0v) is 13.2. The van der Waals surface area contributed by atoms with Crippen LogP contribution < -0.4 is 19.9 Å². The number of amides is 1. The van der Waals surface area contributed by atoms with E-state index in [1.807, 2.05) is 6.92 Å². The van der Waals surface area contributed by atoms with E-state index in [4.69, 9.17) is 0 Å². The second kappa shape index (κ2) is 7.18. The summed E-state index contributed by atoms with van der Waals surface area (Å²) in [6.07, 6.45) is -4.72. The molecule has 1 saturated heterocycles. The van der Waals surface area contributed by atoms with Crippen molar-refractivity contribution in [2.24, 2.45) is 0 Å². The Morgan fingerprint density at radius 1 is 1.17 bits per heavy atom. The number of likely N-dealkylation sites (N-methyl/N-ethyl adjacent to an activating group) is 1. The smallest absolute Gasteiger partial charge is 0.406 e. The largest absolute Gasteiger partial charge is 0.573 e. The molecule has 23 heavy (non-hydrogen) atoms. The summed E-state index contributed by atoms with van der Waals surface area (Å²) in [7, 11) is 2.13. The van der Waals surface area contributed by atoms with Crippen LogP contribution in [0.4, 0.5) is 18.9 Å². The van der Waals surface area contributed by atoms with E-state index in [0.717, 1.165) is 26.2 Å². The van der Waals surface area contributed by atoms with E-state index in [0.29, 0.717) is 5.69 Å². The molecule has 1 amide bonds. The molecule has 0 unspecified atom stereocenters. The molecule has 0 spiro atoms. The van der Waals surface area contributed by atoms with Gasteiger partial charge in [0.1, 0.15) is 31.9 Å². The fraction of sp³-hybridized carbons (Fsp3) is 0.533. The highest BCUT2D eigenvalue weighted by Crippen LogP contribution is 2.23. The number of benzene rings is 1. The summed E-state index contributed by atoms with van der Waals surface area (Å²) in [6.45, 7) is 5.77. The summed E-state index contributed by atoms with van der Waals surface area (Å²) in [4.78, 5) is 14.9. The van der Waals surface area contributed by atoms with Crippen molar-refractivity contribution in [3.8, 4) is 5.75 Å². The van der Waals surface area contributed by atoms with Gasteiger partial charge in [-0.1, -0.05) is 0 Å². The van der Waals surface area contributed by atoms with Crippen molar-refractivity contribution in [1.29, 1.82) is 0 Å². The normalized spacial score (nSPS) is 23.2. The fourth-order valence-electron chi connectivity index (χ4n) is 2.61. The Labute approximate surface area is 133 Å². The standard InChI is InChI=1S/C15H20F3N3O2/c1-11(21-9-7-20(2)8-10-21)14(22)19-12-3-5-13(6-4-12)23-15(16,17)18/h3-6,11H,7-10H2,1-2H3,(H,19,22)/p+2/t11-/m1/s1. The molecular weight excluding hydrogens is 311 g/mol. The molecule has 1 aliphatic heterocycles. The average molecular weight is 333 g/mol. The lowest BCUT2D eigenvalue weighted by Gasteiger charge is -2.30. The lowest BCUT2D eigenvalue weighted by Crippen LogP contribution is -3.29. The number of alkyl halides is 3. The molecule has 0 saturated carbocycles. The van der Waals surface area contributed by atoms with Crippen LogP contribution in [0.5, 0.6) is 5.75 Å². The maximum atomic E-state index is 12.3. The molecule has 1 aliphatic rings. The maximum Gasteiger partial charge on any atom is 0.573 e. The Bertz CT molecular complexity index is 526. The number of nitrogens with one attached hydrogen (secondary N) is 3. The maximum absolute atomic E-state index is 12.3. The Morgan fingerprint density at radius 3 is 2.26 bits per heavy atom. The van der Waals surface area contributed by atoms with Crippen molar-refractivity contribution in [2.75, 3.05) is 38.5 Å². The van der Waals surface area contributed by atoms with Crippen LogP contribution >= 0.6 is 0 Å². The quantitative estimate of drug-likeness (QED) is 0.684. The van der Waals surface area contributed by atoms with Gasteiger partial charge in [-0.15, -0.1) is 13.2 Å². The zero-order valence-electron chi connectivity index (χ0n) is 13.2. The second-order valence-corrected chi connectivity index (χ2v) is 5.90. The highest BCUT2D eigenvalue weighted by atomic mass is 19.4. The van der Waals surface area contributed by atoms with Gasteiger partial charge in [0.15, 0.2) is 6.04 Å². The monoisotopic (exact) mass is 333 g/mol. The number of piperazine rings is 1. The van der Waals surface area contributed by atoms with Gasteiger partial charge in [0.25, 0.3) is 5.91 Å². The third-order valence-corrected chi connectivity index (χ3v) is 4.11. The second-order valence-electron chi connectivity index (χ2n) is 5.90. The van der Waals surface area contributed by atoms with Gasteiger partial charge in [-0.25, -0.2) is 0 Å². The van der Waals surface area contributed by atoms with E-state index >= 15 is 0 Å². The Balaban J connectivity index is 1.89. The number of quaternary nitrogens is 2. The molecule has 5 nitrogen and oxygen atoms in total. The first-order valence-electron chi connectivity index (χ1n) is 7.57. The van der Waals surface area contributed by atoms with E-state index < -0.39 is 6.36 Å². The SMILES string of the molecule is C[C@H](C(=O)Nc1ccc(OC(F)(F)F)cc1)[NH+]1CC[NH+](C)CC1. The number of hydrogen-bond acceptors (Lipinski definition) is 2. The van der Waals surface area contributed by atoms with Crippen molar-refractivity contribution >= 4 is 11.6 Å². The van der Waals surface area contributed by atoms with E-state index in [1.165, 1.54) is 34.1 Å². The van der Waals surface area contributed by atoms with Crippen molar-refractivity contribution in [1.82, 2.24) is 0 Å². The average Bonchev–Trinajstić information content (AvgIpc) is 2.48. The first kappa shape index (κ1) is 17.6. The lowest BCUT2D eigenvalue weighted by atomic mass is 10.2. The molecule has 2 rings (SSSR count). The number of rotatable bonds is 4. The first-order valence-corrected chi connectivity index (χ1v) is 7.57. The molecule has 1 aromatic carbocycles. The predicted molar refractivity (Wildman–Crippen MR) is 78.5 cm³/mol. The van der Waals surface area contributed by atoms with Crippen LogP contribution in [-0.2, 0) is 4.79 Å². The third kappa shape index (κ3) is 5.40. The van der Waals surface area contributed by atoms with Gasteiger partial charge in [-0.2, -0.15) is 0 Å². The van der Waals surface area contributed by atoms with Gasteiger partial charge in [0.05, 0.1) is 7.05 Å². The first-order chi connectivity index (χ1) is 10.7. The minimum atomic E-state index is -4.72. The van der Waals surface area contributed by atoms with Crippen molar-refractivity contribution in [2.45, 2.75) is 19.3 Å². The fourth-order valence-corrected chi connectivity index (χ4v) is 2.61. The predicted octanol–water partition coefficient (Wildman–Crippen LogP) is -0.675. The summed E-state index contributed by atoms with van der Waals surface area (Å²) in [5, 5.41) is 2.74. The minimum absolute atomic E-state index is 0.135. The van der Waals surface area contributed by atoms with Crippen molar-refractivity contribution < 1.29 is 32.5 Å². The zero-order chi connectivity index (χ0) is 17.0. The van der Waals surface area contributed by atoms with Gasteiger partial charge >= 0.3 is 6.36 Å². The highest BCUT2D eigenvalue weighted by Gasteiger charge is 2.31. The number of carbonyl (C=O) groups excluding carboxylic acids is 1. The van der Waals surface area contributed by atoms with Crippen LogP contribution in [0.1, 0.15) is 6.92 Å². The summed E-state index contributed by atoms with van der Waals surface area (Å²) in [5.41, 5.74) is 0.454. The van der Waals surface area contributed by atoms with E-state index in [-0.39, 0.29) is 17.7 Å². The molecule has 3 N–H and O–H groups in total. The number of halogens is 3. The van der Waals surface area contributed by atoms with Crippen LogP contribution in [-0.4, -0.2) is 51.5 Å². The van der Waals surface area contributed by atoms with Crippen LogP contribution in [0, 0.1) is 0 Å². The molecule has 1 aromatic rings. The summed E-state index contributed by atoms with van der Waals surface area (Å²) in [5.74, 6) is -0.444. The Kier molecular flexibility index (Phi) is 5.48. The topological polar surface area (TPSA) is 47.2 Å². The molecule has 1 fully saturated rings. The number of hydrogen-bond donors (Lipinski definition) is 3. The molecule has 1 atom stereocenters. The van der Waals surface area contributed by atoms with Crippen LogP contribution in [0.3, 0.4) is 0 Å². The highest BCUT2D eigenvalue weighted by molar-refractivity contribution is 5.93.